The Morgan fingerprint density at radius 2 is 1.95 bits per heavy atom. The van der Waals surface area contributed by atoms with E-state index < -0.39 is 5.97 Å². The summed E-state index contributed by atoms with van der Waals surface area (Å²) in [6.07, 6.45) is 0. The van der Waals surface area contributed by atoms with Crippen molar-refractivity contribution in [2.24, 2.45) is 0 Å². The van der Waals surface area contributed by atoms with Gasteiger partial charge in [-0.1, -0.05) is 11.6 Å². The summed E-state index contributed by atoms with van der Waals surface area (Å²) in [6, 6.07) is 12.0. The molecular formula is C14H10ClNO3S. The summed E-state index contributed by atoms with van der Waals surface area (Å²) in [5.41, 5.74) is 0.568. The largest absolute Gasteiger partial charge is 0.490 e. The van der Waals surface area contributed by atoms with Gasteiger partial charge in [-0.15, -0.1) is 11.3 Å². The quantitative estimate of drug-likeness (QED) is 0.626. The zero-order valence-corrected chi connectivity index (χ0v) is 11.9. The molecule has 1 aromatic carbocycles. The maximum absolute atomic E-state index is 11.6. The summed E-state index contributed by atoms with van der Waals surface area (Å²) in [5, 5.41) is 8.66. The molecule has 0 atom stereocenters. The van der Waals surface area contributed by atoms with Crippen LogP contribution in [0.4, 0.5) is 0 Å². The van der Waals surface area contributed by atoms with Gasteiger partial charge in [0.15, 0.2) is 0 Å². The van der Waals surface area contributed by atoms with Crippen LogP contribution in [0.1, 0.15) is 15.2 Å². The summed E-state index contributed by atoms with van der Waals surface area (Å²) < 4.78 is 11.0. The molecule has 0 aliphatic heterocycles. The van der Waals surface area contributed by atoms with Gasteiger partial charge >= 0.3 is 5.97 Å². The van der Waals surface area contributed by atoms with Crippen LogP contribution in [0.5, 0.6) is 5.75 Å². The Bertz CT molecular complexity index is 631. The molecule has 2 rings (SSSR count). The topological polar surface area (TPSA) is 59.3 Å². The van der Waals surface area contributed by atoms with Crippen LogP contribution in [0, 0.1) is 11.3 Å². The molecule has 0 aliphatic rings. The first-order valence-electron chi connectivity index (χ1n) is 5.74. The fraction of sp³-hybridized carbons (Fsp3) is 0.143. The number of carbonyl (C=O) groups excluding carboxylic acids is 1. The van der Waals surface area contributed by atoms with Crippen LogP contribution < -0.4 is 4.74 Å². The summed E-state index contributed by atoms with van der Waals surface area (Å²) in [7, 11) is 0. The SMILES string of the molecule is N#Cc1ccc(OCCOC(=O)c2ccc(Cl)s2)cc1. The first kappa shape index (κ1) is 14.4. The molecule has 0 radical (unpaired) electrons. The summed E-state index contributed by atoms with van der Waals surface area (Å²) >= 11 is 6.91. The monoisotopic (exact) mass is 307 g/mol. The van der Waals surface area contributed by atoms with Crippen LogP contribution in [0.25, 0.3) is 0 Å². The smallest absolute Gasteiger partial charge is 0.348 e. The molecular weight excluding hydrogens is 298 g/mol. The van der Waals surface area contributed by atoms with Crippen LogP contribution in [0.15, 0.2) is 36.4 Å². The van der Waals surface area contributed by atoms with E-state index in [0.29, 0.717) is 20.5 Å². The van der Waals surface area contributed by atoms with Crippen molar-refractivity contribution >= 4 is 28.9 Å². The Kier molecular flexibility index (Phi) is 4.99. The second-order valence-electron chi connectivity index (χ2n) is 3.72. The molecule has 0 amide bonds. The predicted molar refractivity (Wildman–Crippen MR) is 76.3 cm³/mol. The number of nitrogens with zero attached hydrogens (tertiary/aromatic N) is 1. The van der Waals surface area contributed by atoms with E-state index in [4.69, 9.17) is 26.3 Å². The summed E-state index contributed by atoms with van der Waals surface area (Å²) in [4.78, 5) is 12.1. The lowest BCUT2D eigenvalue weighted by atomic mass is 10.2. The van der Waals surface area contributed by atoms with Crippen LogP contribution in [-0.4, -0.2) is 19.2 Å². The lowest BCUT2D eigenvalue weighted by Crippen LogP contribution is -2.11. The number of rotatable bonds is 5. The van der Waals surface area contributed by atoms with Gasteiger partial charge in [0.2, 0.25) is 0 Å². The second kappa shape index (κ2) is 6.94. The minimum Gasteiger partial charge on any atom is -0.490 e. The maximum Gasteiger partial charge on any atom is 0.348 e. The van der Waals surface area contributed by atoms with E-state index in [0.717, 1.165) is 0 Å². The van der Waals surface area contributed by atoms with Gasteiger partial charge in [0.25, 0.3) is 0 Å². The van der Waals surface area contributed by atoms with Crippen molar-refractivity contribution in [2.75, 3.05) is 13.2 Å². The molecule has 1 heterocycles. The highest BCUT2D eigenvalue weighted by Gasteiger charge is 2.09. The Balaban J connectivity index is 1.73. The lowest BCUT2D eigenvalue weighted by Gasteiger charge is -2.06. The molecule has 0 fully saturated rings. The molecule has 102 valence electrons. The number of nitriles is 1. The van der Waals surface area contributed by atoms with Crippen molar-refractivity contribution in [1.29, 1.82) is 5.26 Å². The van der Waals surface area contributed by atoms with Gasteiger partial charge in [0.1, 0.15) is 23.8 Å². The number of esters is 1. The third kappa shape index (κ3) is 3.98. The van der Waals surface area contributed by atoms with Crippen molar-refractivity contribution in [3.05, 3.63) is 51.2 Å². The number of benzene rings is 1. The zero-order valence-electron chi connectivity index (χ0n) is 10.3. The Morgan fingerprint density at radius 1 is 1.20 bits per heavy atom. The van der Waals surface area contributed by atoms with Crippen LogP contribution in [0.3, 0.4) is 0 Å². The van der Waals surface area contributed by atoms with E-state index in [1.165, 1.54) is 11.3 Å². The Morgan fingerprint density at radius 3 is 2.55 bits per heavy atom. The molecule has 4 nitrogen and oxygen atoms in total. The summed E-state index contributed by atoms with van der Waals surface area (Å²) in [6.45, 7) is 0.394. The number of thiophene rings is 1. The van der Waals surface area contributed by atoms with E-state index >= 15 is 0 Å². The highest BCUT2D eigenvalue weighted by Crippen LogP contribution is 2.21. The number of hydrogen-bond acceptors (Lipinski definition) is 5. The zero-order chi connectivity index (χ0) is 14.4. The average Bonchev–Trinajstić information content (AvgIpc) is 2.91. The van der Waals surface area contributed by atoms with E-state index in [1.54, 1.807) is 36.4 Å². The highest BCUT2D eigenvalue weighted by molar-refractivity contribution is 7.17. The van der Waals surface area contributed by atoms with Gasteiger partial charge in [-0.3, -0.25) is 0 Å². The predicted octanol–water partition coefficient (Wildman–Crippen LogP) is 3.51. The molecule has 0 saturated heterocycles. The van der Waals surface area contributed by atoms with Gasteiger partial charge in [0.05, 0.1) is 16.0 Å². The first-order chi connectivity index (χ1) is 9.69. The highest BCUT2D eigenvalue weighted by atomic mass is 35.5. The van der Waals surface area contributed by atoms with Gasteiger partial charge in [-0.25, -0.2) is 4.79 Å². The molecule has 0 N–H and O–H groups in total. The average molecular weight is 308 g/mol. The van der Waals surface area contributed by atoms with Crippen LogP contribution in [0.2, 0.25) is 4.34 Å². The third-order valence-corrected chi connectivity index (χ3v) is 3.55. The van der Waals surface area contributed by atoms with Crippen molar-refractivity contribution in [1.82, 2.24) is 0 Å². The molecule has 0 aliphatic carbocycles. The molecule has 0 spiro atoms. The molecule has 2 aromatic rings. The molecule has 0 unspecified atom stereocenters. The van der Waals surface area contributed by atoms with Crippen LogP contribution >= 0.6 is 22.9 Å². The number of hydrogen-bond donors (Lipinski definition) is 0. The van der Waals surface area contributed by atoms with E-state index in [1.807, 2.05) is 6.07 Å². The summed E-state index contributed by atoms with van der Waals surface area (Å²) in [5.74, 6) is 0.213. The van der Waals surface area contributed by atoms with E-state index in [-0.39, 0.29) is 13.2 Å². The fourth-order valence-electron chi connectivity index (χ4n) is 1.41. The van der Waals surface area contributed by atoms with E-state index in [2.05, 4.69) is 0 Å². The molecule has 0 bridgehead atoms. The van der Waals surface area contributed by atoms with Gasteiger partial charge in [-0.05, 0) is 36.4 Å². The lowest BCUT2D eigenvalue weighted by molar-refractivity contribution is 0.0456. The Hall–Kier alpha value is -2.03. The van der Waals surface area contributed by atoms with Crippen molar-refractivity contribution < 1.29 is 14.3 Å². The first-order valence-corrected chi connectivity index (χ1v) is 6.94. The Labute approximate surface area is 125 Å². The van der Waals surface area contributed by atoms with Gasteiger partial charge < -0.3 is 9.47 Å². The molecule has 20 heavy (non-hydrogen) atoms. The standard InChI is InChI=1S/C14H10ClNO3S/c15-13-6-5-12(20-13)14(17)19-8-7-18-11-3-1-10(9-16)2-4-11/h1-6H,7-8H2. The third-order valence-electron chi connectivity index (χ3n) is 2.34. The second-order valence-corrected chi connectivity index (χ2v) is 5.44. The fourth-order valence-corrected chi connectivity index (χ4v) is 2.35. The minimum atomic E-state index is -0.412. The van der Waals surface area contributed by atoms with Crippen molar-refractivity contribution in [3.8, 4) is 11.8 Å². The van der Waals surface area contributed by atoms with Crippen LogP contribution in [-0.2, 0) is 4.74 Å². The molecule has 0 saturated carbocycles. The molecule has 1 aromatic heterocycles. The van der Waals surface area contributed by atoms with Crippen molar-refractivity contribution in [2.45, 2.75) is 0 Å². The van der Waals surface area contributed by atoms with Gasteiger partial charge in [-0.2, -0.15) is 5.26 Å². The number of ether oxygens (including phenoxy) is 2. The number of carbonyl (C=O) groups is 1. The van der Waals surface area contributed by atoms with E-state index in [9.17, 15) is 4.79 Å². The number of halogens is 1. The van der Waals surface area contributed by atoms with Crippen molar-refractivity contribution in [3.63, 3.8) is 0 Å². The maximum atomic E-state index is 11.6. The normalized spacial score (nSPS) is 9.80. The molecule has 6 heteroatoms. The van der Waals surface area contributed by atoms with Gasteiger partial charge in [0, 0.05) is 0 Å². The minimum absolute atomic E-state index is 0.147.